The van der Waals surface area contributed by atoms with Crippen LogP contribution >= 0.6 is 11.6 Å². The van der Waals surface area contributed by atoms with Gasteiger partial charge < -0.3 is 5.32 Å². The molecule has 1 amide bonds. The molecule has 2 fully saturated rings. The number of likely N-dealkylation sites (N-methyl/N-ethyl adjacent to an activating group) is 1. The summed E-state index contributed by atoms with van der Waals surface area (Å²) in [6.45, 7) is 0.708. The highest BCUT2D eigenvalue weighted by molar-refractivity contribution is 6.21. The van der Waals surface area contributed by atoms with E-state index in [1.165, 1.54) is 0 Å². The van der Waals surface area contributed by atoms with Gasteiger partial charge in [0.05, 0.1) is 6.17 Å². The first-order valence-corrected chi connectivity index (χ1v) is 4.26. The molecule has 2 saturated heterocycles. The van der Waals surface area contributed by atoms with Gasteiger partial charge in [0.2, 0.25) is 5.91 Å². The van der Waals surface area contributed by atoms with Gasteiger partial charge in [-0.05, 0) is 7.05 Å². The van der Waals surface area contributed by atoms with Crippen molar-refractivity contribution in [1.29, 1.82) is 0 Å². The summed E-state index contributed by atoms with van der Waals surface area (Å²) in [5, 5.41) is 8.77. The van der Waals surface area contributed by atoms with Crippen LogP contribution in [0.5, 0.6) is 0 Å². The lowest BCUT2D eigenvalue weighted by Gasteiger charge is -2.31. The highest BCUT2D eigenvalue weighted by Gasteiger charge is 2.41. The van der Waals surface area contributed by atoms with E-state index in [4.69, 9.17) is 11.6 Å². The smallest absolute Gasteiger partial charge is 0.242 e. The molecule has 0 aromatic heterocycles. The third-order valence-corrected chi connectivity index (χ3v) is 2.45. The lowest BCUT2D eigenvalue weighted by molar-refractivity contribution is -0.127. The number of nitrogens with zero attached hydrogens (tertiary/aromatic N) is 1. The molecule has 3 atom stereocenters. The predicted molar refractivity (Wildman–Crippen MR) is 44.3 cm³/mol. The van der Waals surface area contributed by atoms with Gasteiger partial charge in [-0.1, -0.05) is 11.6 Å². The Hall–Kier alpha value is -0.360. The zero-order valence-corrected chi connectivity index (χ0v) is 7.43. The molecule has 12 heavy (non-hydrogen) atoms. The zero-order valence-electron chi connectivity index (χ0n) is 6.67. The van der Waals surface area contributed by atoms with Gasteiger partial charge >= 0.3 is 0 Å². The molecule has 0 aromatic rings. The molecule has 0 aliphatic carbocycles. The summed E-state index contributed by atoms with van der Waals surface area (Å²) >= 11 is 5.72. The number of hydrogen-bond acceptors (Lipinski definition) is 4. The number of nitrogens with one attached hydrogen (secondary N) is 3. The van der Waals surface area contributed by atoms with Crippen molar-refractivity contribution in [3.63, 3.8) is 0 Å². The molecule has 0 radical (unpaired) electrons. The molecule has 0 spiro atoms. The summed E-state index contributed by atoms with van der Waals surface area (Å²) < 4.78 is 0. The largest absolute Gasteiger partial charge is 0.326 e. The summed E-state index contributed by atoms with van der Waals surface area (Å²) in [6.07, 6.45) is -0.0220. The lowest BCUT2D eigenvalue weighted by atomic mass is 10.2. The minimum absolute atomic E-state index is 0.0220. The lowest BCUT2D eigenvalue weighted by Crippen LogP contribution is -2.65. The minimum atomic E-state index is -0.460. The molecule has 0 bridgehead atoms. The summed E-state index contributed by atoms with van der Waals surface area (Å²) in [5.41, 5.74) is -0.460. The second-order valence-corrected chi connectivity index (χ2v) is 3.52. The first kappa shape index (κ1) is 8.25. The summed E-state index contributed by atoms with van der Waals surface area (Å²) in [6, 6.07) is -0.139. The van der Waals surface area contributed by atoms with Crippen LogP contribution in [0.4, 0.5) is 0 Å². The van der Waals surface area contributed by atoms with Crippen LogP contribution in [0, 0.1) is 0 Å². The van der Waals surface area contributed by atoms with Gasteiger partial charge in [0.25, 0.3) is 0 Å². The van der Waals surface area contributed by atoms with Crippen molar-refractivity contribution in [2.45, 2.75) is 17.8 Å². The van der Waals surface area contributed by atoms with Crippen LogP contribution in [0.25, 0.3) is 0 Å². The summed E-state index contributed by atoms with van der Waals surface area (Å²) in [5.74, 6) is -0.0220. The van der Waals surface area contributed by atoms with E-state index < -0.39 is 5.62 Å². The average Bonchev–Trinajstić information content (AvgIpc) is 2.31. The van der Waals surface area contributed by atoms with Crippen LogP contribution in [0.2, 0.25) is 0 Å². The first-order chi connectivity index (χ1) is 5.68. The Morgan fingerprint density at radius 3 is 3.17 bits per heavy atom. The van der Waals surface area contributed by atoms with E-state index in [1.807, 2.05) is 11.9 Å². The van der Waals surface area contributed by atoms with Crippen LogP contribution in [0.15, 0.2) is 0 Å². The third kappa shape index (κ3) is 1.19. The van der Waals surface area contributed by atoms with Crippen molar-refractivity contribution in [2.75, 3.05) is 13.7 Å². The fourth-order valence-electron chi connectivity index (χ4n) is 1.62. The number of rotatable bonds is 0. The molecule has 2 rings (SSSR count). The number of hydrogen-bond donors (Lipinski definition) is 3. The fraction of sp³-hybridized carbons (Fsp3) is 0.833. The maximum absolute atomic E-state index is 11.4. The Kier molecular flexibility index (Phi) is 1.96. The topological polar surface area (TPSA) is 56.4 Å². The van der Waals surface area contributed by atoms with Crippen molar-refractivity contribution in [3.05, 3.63) is 0 Å². The van der Waals surface area contributed by atoms with Gasteiger partial charge in [-0.3, -0.25) is 20.3 Å². The number of carbonyl (C=O) groups excluding carboxylic acids is 1. The maximum atomic E-state index is 11.4. The number of carbonyl (C=O) groups is 1. The van der Waals surface area contributed by atoms with Gasteiger partial charge in [0.1, 0.15) is 6.04 Å². The number of alkyl halides is 1. The van der Waals surface area contributed by atoms with Crippen LogP contribution < -0.4 is 16.0 Å². The van der Waals surface area contributed by atoms with Crippen molar-refractivity contribution < 1.29 is 4.79 Å². The number of fused-ring (bicyclic) bond motifs is 1. The van der Waals surface area contributed by atoms with Crippen molar-refractivity contribution >= 4 is 17.5 Å². The Morgan fingerprint density at radius 2 is 2.42 bits per heavy atom. The molecule has 2 heterocycles. The maximum Gasteiger partial charge on any atom is 0.242 e. The predicted octanol–water partition coefficient (Wildman–Crippen LogP) is -1.58. The van der Waals surface area contributed by atoms with Gasteiger partial charge in [-0.2, -0.15) is 0 Å². The van der Waals surface area contributed by atoms with E-state index in [1.54, 1.807) is 0 Å². The van der Waals surface area contributed by atoms with E-state index >= 15 is 0 Å². The molecule has 68 valence electrons. The SMILES string of the molecule is CN1CNC2NC(Cl)NC(=O)C21. The molecule has 3 unspecified atom stereocenters. The molecule has 3 N–H and O–H groups in total. The highest BCUT2D eigenvalue weighted by Crippen LogP contribution is 2.12. The van der Waals surface area contributed by atoms with E-state index in [9.17, 15) is 4.79 Å². The second kappa shape index (κ2) is 2.85. The van der Waals surface area contributed by atoms with Crippen LogP contribution in [0.3, 0.4) is 0 Å². The molecule has 2 aliphatic rings. The van der Waals surface area contributed by atoms with Crippen LogP contribution in [0.1, 0.15) is 0 Å². The second-order valence-electron chi connectivity index (χ2n) is 3.08. The van der Waals surface area contributed by atoms with E-state index in [2.05, 4.69) is 16.0 Å². The van der Waals surface area contributed by atoms with E-state index in [0.717, 1.165) is 0 Å². The minimum Gasteiger partial charge on any atom is -0.326 e. The Morgan fingerprint density at radius 1 is 1.67 bits per heavy atom. The molecular weight excluding hydrogens is 180 g/mol. The standard InChI is InChI=1S/C6H11ClN4O/c1-11-2-8-4-3(11)5(12)10-6(7)9-4/h3-4,6,8-9H,2H2,1H3,(H,10,12). The summed E-state index contributed by atoms with van der Waals surface area (Å²) in [7, 11) is 1.90. The zero-order chi connectivity index (χ0) is 8.72. The molecule has 5 nitrogen and oxygen atoms in total. The van der Waals surface area contributed by atoms with Crippen molar-refractivity contribution in [1.82, 2.24) is 20.9 Å². The van der Waals surface area contributed by atoms with E-state index in [-0.39, 0.29) is 18.1 Å². The van der Waals surface area contributed by atoms with Crippen LogP contribution in [-0.4, -0.2) is 42.4 Å². The molecule has 0 aromatic carbocycles. The van der Waals surface area contributed by atoms with Crippen molar-refractivity contribution in [3.8, 4) is 0 Å². The van der Waals surface area contributed by atoms with Crippen molar-refractivity contribution in [2.24, 2.45) is 0 Å². The monoisotopic (exact) mass is 190 g/mol. The normalized spacial score (nSPS) is 42.5. The molecule has 0 saturated carbocycles. The quantitative estimate of drug-likeness (QED) is 0.319. The van der Waals surface area contributed by atoms with Crippen LogP contribution in [-0.2, 0) is 4.79 Å². The fourth-order valence-corrected chi connectivity index (χ4v) is 1.86. The Balaban J connectivity index is 2.14. The first-order valence-electron chi connectivity index (χ1n) is 3.82. The Labute approximate surface area is 75.4 Å². The molecule has 2 aliphatic heterocycles. The van der Waals surface area contributed by atoms with Gasteiger partial charge in [0.15, 0.2) is 5.62 Å². The van der Waals surface area contributed by atoms with Gasteiger partial charge in [-0.15, -0.1) is 0 Å². The molecule has 6 heteroatoms. The molecular formula is C6H11ClN4O. The van der Waals surface area contributed by atoms with E-state index in [0.29, 0.717) is 6.67 Å². The van der Waals surface area contributed by atoms with Gasteiger partial charge in [0, 0.05) is 6.67 Å². The number of amides is 1. The number of halogens is 1. The average molecular weight is 191 g/mol. The summed E-state index contributed by atoms with van der Waals surface area (Å²) in [4.78, 5) is 13.3. The van der Waals surface area contributed by atoms with Gasteiger partial charge in [-0.25, -0.2) is 0 Å². The highest BCUT2D eigenvalue weighted by atomic mass is 35.5. The third-order valence-electron chi connectivity index (χ3n) is 2.21. The Bertz CT molecular complexity index is 212.